The average molecular weight is 533 g/mol. The van der Waals surface area contributed by atoms with Gasteiger partial charge in [-0.15, -0.1) is 54.7 Å². The maximum Gasteiger partial charge on any atom is 0.113 e. The van der Waals surface area contributed by atoms with Gasteiger partial charge in [0.05, 0.1) is 5.41 Å². The maximum atomic E-state index is 6.93. The Hall–Kier alpha value is -2.08. The van der Waals surface area contributed by atoms with Gasteiger partial charge in [0.2, 0.25) is 0 Å². The molecule has 0 unspecified atom stereocenters. The molecule has 0 N–H and O–H groups in total. The summed E-state index contributed by atoms with van der Waals surface area (Å²) in [6.07, 6.45) is 0. The van der Waals surface area contributed by atoms with E-state index in [1.165, 1.54) is 0 Å². The number of benzene rings is 2. The molecule has 176 valence electrons. The van der Waals surface area contributed by atoms with Crippen molar-refractivity contribution in [2.45, 2.75) is 33.1 Å². The van der Waals surface area contributed by atoms with Crippen LogP contribution < -0.4 is 43.7 Å². The number of allylic oxidation sites excluding steroid dienone is 12. The van der Waals surface area contributed by atoms with Crippen molar-refractivity contribution >= 4 is 169 Å². The second-order valence-corrected chi connectivity index (χ2v) is 11.4. The van der Waals surface area contributed by atoms with E-state index in [2.05, 4.69) is 0 Å². The highest BCUT2D eigenvalue weighted by Gasteiger charge is 2.56. The first-order valence-corrected chi connectivity index (χ1v) is 13.6. The lowest BCUT2D eigenvalue weighted by Gasteiger charge is -2.41. The minimum Gasteiger partial charge on any atom is -0.127 e. The summed E-state index contributed by atoms with van der Waals surface area (Å²) in [6.45, 7) is 6.35. The van der Waals surface area contributed by atoms with Gasteiger partial charge in [0.25, 0.3) is 0 Å². The molecule has 45 heavy (non-hydrogen) atoms. The van der Waals surface area contributed by atoms with Gasteiger partial charge in [-0.25, -0.2) is 0 Å². The van der Waals surface area contributed by atoms with Crippen molar-refractivity contribution in [3.05, 3.63) is 77.2 Å². The van der Waals surface area contributed by atoms with E-state index in [0.717, 1.165) is 0 Å². The molecule has 0 fully saturated rings. The van der Waals surface area contributed by atoms with E-state index in [4.69, 9.17) is 126 Å². The third-order valence-corrected chi connectivity index (χ3v) is 8.60. The maximum absolute atomic E-state index is 6.93. The highest BCUT2D eigenvalue weighted by molar-refractivity contribution is 6.67. The fourth-order valence-electron chi connectivity index (χ4n) is 6.33. The molecule has 0 amide bonds. The summed E-state index contributed by atoms with van der Waals surface area (Å²) >= 11 is 0. The quantitative estimate of drug-likeness (QED) is 0.344. The van der Waals surface area contributed by atoms with Crippen molar-refractivity contribution < 1.29 is 0 Å². The van der Waals surface area contributed by atoms with Crippen molar-refractivity contribution in [3.63, 3.8) is 0 Å². The molecule has 32 radical (unpaired) electrons. The molecule has 2 aromatic rings. The zero-order valence-corrected chi connectivity index (χ0v) is 25.7. The van der Waals surface area contributed by atoms with Gasteiger partial charge in [-0.3, -0.25) is 0 Å². The van der Waals surface area contributed by atoms with Gasteiger partial charge >= 0.3 is 0 Å². The van der Waals surface area contributed by atoms with Crippen LogP contribution in [0.2, 0.25) is 0 Å². The van der Waals surface area contributed by atoms with Gasteiger partial charge in [-0.05, 0) is 44.5 Å². The highest BCUT2D eigenvalue weighted by Crippen LogP contribution is 2.63. The van der Waals surface area contributed by atoms with Crippen LogP contribution >= 0.6 is 0 Å². The fourth-order valence-corrected chi connectivity index (χ4v) is 6.33. The molecule has 0 aromatic heterocycles. The summed E-state index contributed by atoms with van der Waals surface area (Å²) in [5, 5.41) is 0. The van der Waals surface area contributed by atoms with Crippen LogP contribution in [0, 0.1) is 0 Å². The zero-order chi connectivity index (χ0) is 34.4. The van der Waals surface area contributed by atoms with Gasteiger partial charge in [-0.2, -0.15) is 0 Å². The van der Waals surface area contributed by atoms with E-state index in [1.54, 1.807) is 27.7 Å². The second kappa shape index (κ2) is 12.2. The van der Waals surface area contributed by atoms with Gasteiger partial charge in [0, 0.05) is 0 Å². The second-order valence-electron chi connectivity index (χ2n) is 11.4. The van der Waals surface area contributed by atoms with Crippen LogP contribution in [-0.2, 0) is 5.41 Å². The minimum absolute atomic E-state index is 0.0106. The molecule has 0 heterocycles. The normalized spacial score (nSPS) is 17.5. The van der Waals surface area contributed by atoms with Crippen LogP contribution in [0.1, 0.15) is 38.8 Å². The van der Waals surface area contributed by atoms with Crippen LogP contribution in [0.25, 0.3) is 11.1 Å². The Labute approximate surface area is 289 Å². The molecule has 1 spiro atoms. The SMILES string of the molecule is [B]/C(C)=C(\[B])C1=C(/C([B])=C(/[B])C)C2(C(C(/[B])=C(/[B])C)=C1/C([B])=C(/[B])C)c1c([B])c([B])c([B])c([B])c1-c1c([B])c([B])c([B])c([B])c12. The molecule has 2 aromatic carbocycles. The van der Waals surface area contributed by atoms with Crippen LogP contribution in [-0.4, -0.2) is 126 Å². The fraction of sp³-hybridized carbons (Fsp3) is 0.172. The van der Waals surface area contributed by atoms with E-state index in [-0.39, 0.29) is 132 Å². The Kier molecular flexibility index (Phi) is 9.68. The predicted octanol–water partition coefficient (Wildman–Crippen LogP) is -5.82. The molecule has 2 aliphatic carbocycles. The lowest BCUT2D eigenvalue weighted by atomic mass is 9.52. The summed E-state index contributed by atoms with van der Waals surface area (Å²) < 4.78 is 0. The third-order valence-electron chi connectivity index (χ3n) is 8.60. The predicted molar refractivity (Wildman–Crippen MR) is 207 cm³/mol. The Bertz CT molecular complexity index is 1780. The molecule has 0 atom stereocenters. The van der Waals surface area contributed by atoms with Crippen LogP contribution in [0.3, 0.4) is 0 Å². The standard InChI is InChI=1S/C29H12B16/c1-5(30)17(34)9-10(18(35)6(2)31)14(20(37)8(4)33)29(13(9)19(36)7(3)32)15-11(21(38)25(42)27(44)23(15)40)12-16(29)24(41)28(45)26(43)22(12)39/h1-4H3/b17-5-,18-6-,19-7-,20-8-. The molecule has 4 rings (SSSR count). The van der Waals surface area contributed by atoms with Crippen molar-refractivity contribution in [3.8, 4) is 11.1 Å². The van der Waals surface area contributed by atoms with Crippen molar-refractivity contribution in [1.82, 2.24) is 0 Å². The van der Waals surface area contributed by atoms with Gasteiger partial charge in [0.1, 0.15) is 126 Å². The summed E-state index contributed by atoms with van der Waals surface area (Å²) in [4.78, 5) is 0. The number of fused-ring (bicyclic) bond motifs is 5. The molecular formula is C29H12B16. The minimum atomic E-state index is -1.79. The summed E-state index contributed by atoms with van der Waals surface area (Å²) in [6, 6.07) is 0. The lowest BCUT2D eigenvalue weighted by molar-refractivity contribution is 0.781. The van der Waals surface area contributed by atoms with Crippen molar-refractivity contribution in [2.24, 2.45) is 0 Å². The molecule has 0 aliphatic heterocycles. The zero-order valence-electron chi connectivity index (χ0n) is 25.7. The van der Waals surface area contributed by atoms with Crippen molar-refractivity contribution in [1.29, 1.82) is 0 Å². The first-order chi connectivity index (χ1) is 20.7. The smallest absolute Gasteiger partial charge is 0.113 e. The lowest BCUT2D eigenvalue weighted by Crippen LogP contribution is -2.53. The Morgan fingerprint density at radius 2 is 0.600 bits per heavy atom. The summed E-state index contributed by atoms with van der Waals surface area (Å²) in [5.41, 5.74) is 0.914. The average Bonchev–Trinajstić information content (AvgIpc) is 3.45. The Balaban J connectivity index is 2.70. The van der Waals surface area contributed by atoms with Crippen molar-refractivity contribution in [2.75, 3.05) is 0 Å². The van der Waals surface area contributed by atoms with E-state index >= 15 is 0 Å². The molecule has 0 bridgehead atoms. The van der Waals surface area contributed by atoms with E-state index in [0.29, 0.717) is 0 Å². The topological polar surface area (TPSA) is 0 Å². The first-order valence-electron chi connectivity index (χ1n) is 13.6. The van der Waals surface area contributed by atoms with Crippen LogP contribution in [0.4, 0.5) is 0 Å². The van der Waals surface area contributed by atoms with Gasteiger partial charge in [0.15, 0.2) is 0 Å². The summed E-state index contributed by atoms with van der Waals surface area (Å²) in [7, 11) is 106. The number of rotatable bonds is 4. The number of hydrogen-bond acceptors (Lipinski definition) is 0. The molecule has 2 aliphatic rings. The highest BCUT2D eigenvalue weighted by atomic mass is 14.6. The third kappa shape index (κ3) is 4.80. The monoisotopic (exact) mass is 536 g/mol. The van der Waals surface area contributed by atoms with Crippen LogP contribution in [0.5, 0.6) is 0 Å². The van der Waals surface area contributed by atoms with Gasteiger partial charge in [-0.1, -0.05) is 60.5 Å². The molecule has 0 nitrogen and oxygen atoms in total. The largest absolute Gasteiger partial charge is 0.127 e. The molecule has 0 saturated carbocycles. The summed E-state index contributed by atoms with van der Waals surface area (Å²) in [5.74, 6) is 0. The molecular weight excluding hydrogens is 521 g/mol. The van der Waals surface area contributed by atoms with Crippen LogP contribution in [0.15, 0.2) is 66.1 Å². The van der Waals surface area contributed by atoms with E-state index < -0.39 is 5.41 Å². The van der Waals surface area contributed by atoms with Gasteiger partial charge < -0.3 is 0 Å². The Morgan fingerprint density at radius 3 is 0.844 bits per heavy atom. The first kappa shape index (κ1) is 35.8. The molecule has 16 heteroatoms. The Morgan fingerprint density at radius 1 is 0.356 bits per heavy atom. The molecule has 0 saturated heterocycles. The number of hydrogen-bond donors (Lipinski definition) is 0. The van der Waals surface area contributed by atoms with E-state index in [1.807, 2.05) is 0 Å². The van der Waals surface area contributed by atoms with E-state index in [9.17, 15) is 0 Å².